The molecule has 0 aromatic rings. The molecule has 96 valence electrons. The summed E-state index contributed by atoms with van der Waals surface area (Å²) in [7, 11) is 0. The van der Waals surface area contributed by atoms with E-state index in [1.54, 1.807) is 0 Å². The third-order valence-corrected chi connectivity index (χ3v) is 5.62. The molecule has 3 heteroatoms. The van der Waals surface area contributed by atoms with Gasteiger partial charge in [0.25, 0.3) is 0 Å². The van der Waals surface area contributed by atoms with Gasteiger partial charge in [0.2, 0.25) is 0 Å². The predicted octanol–water partition coefficient (Wildman–Crippen LogP) is 1.89. The summed E-state index contributed by atoms with van der Waals surface area (Å²) in [4.78, 5) is 8.77. The van der Waals surface area contributed by atoms with Gasteiger partial charge < -0.3 is 4.90 Å². The molecule has 1 saturated carbocycles. The van der Waals surface area contributed by atoms with Gasteiger partial charge in [-0.3, -0.25) is 4.84 Å². The van der Waals surface area contributed by atoms with E-state index in [9.17, 15) is 0 Å². The second-order valence-corrected chi connectivity index (χ2v) is 6.83. The van der Waals surface area contributed by atoms with Crippen LogP contribution in [-0.4, -0.2) is 48.3 Å². The van der Waals surface area contributed by atoms with Gasteiger partial charge in [0.05, 0.1) is 6.61 Å². The summed E-state index contributed by atoms with van der Waals surface area (Å²) >= 11 is 0. The summed E-state index contributed by atoms with van der Waals surface area (Å²) in [6, 6.07) is 1.32. The fraction of sp³-hybridized carbons (Fsp3) is 1.00. The molecule has 5 fully saturated rings. The van der Waals surface area contributed by atoms with E-state index in [-0.39, 0.29) is 0 Å². The lowest BCUT2D eigenvalue weighted by molar-refractivity contribution is -0.174. The molecule has 1 spiro atoms. The molecule has 5 aliphatic rings. The summed E-state index contributed by atoms with van der Waals surface area (Å²) in [6.07, 6.45) is 7.22. The number of fused-ring (bicyclic) bond motifs is 1. The quantitative estimate of drug-likeness (QED) is 0.639. The number of hydrogen-bond acceptors (Lipinski definition) is 3. The molecule has 2 unspecified atom stereocenters. The normalized spacial score (nSPS) is 51.7. The third kappa shape index (κ3) is 1.45. The molecule has 0 radical (unpaired) electrons. The topological polar surface area (TPSA) is 15.7 Å². The van der Waals surface area contributed by atoms with Crippen molar-refractivity contribution in [3.05, 3.63) is 0 Å². The highest BCUT2D eigenvalue weighted by Crippen LogP contribution is 2.51. The van der Waals surface area contributed by atoms with Crippen LogP contribution in [0.1, 0.15) is 39.0 Å². The standard InChI is InChI=1S/C14H24N2O/c1-11-7-15-8-12-9-17-16(11)13(12)14(10-15)5-3-2-4-6-14/h11-13H,2-10H2,1H3/t11-,12-,13+/m0/s1. The maximum absolute atomic E-state index is 6.03. The minimum Gasteiger partial charge on any atom is -0.301 e. The van der Waals surface area contributed by atoms with Crippen molar-refractivity contribution in [2.75, 3.05) is 26.2 Å². The average Bonchev–Trinajstić information content (AvgIpc) is 2.65. The van der Waals surface area contributed by atoms with Crippen LogP contribution in [-0.2, 0) is 4.84 Å². The van der Waals surface area contributed by atoms with Crippen molar-refractivity contribution >= 4 is 0 Å². The molecule has 0 aromatic heterocycles. The maximum Gasteiger partial charge on any atom is 0.0741 e. The zero-order valence-electron chi connectivity index (χ0n) is 10.9. The molecule has 5 atom stereocenters. The number of hydroxylamine groups is 2. The highest BCUT2D eigenvalue weighted by Gasteiger charge is 2.57. The number of hydrogen-bond donors (Lipinski definition) is 0. The molecule has 0 amide bonds. The van der Waals surface area contributed by atoms with Gasteiger partial charge in [-0.05, 0) is 19.8 Å². The Hall–Kier alpha value is -0.120. The first-order chi connectivity index (χ1) is 8.28. The lowest BCUT2D eigenvalue weighted by Gasteiger charge is -2.50. The first kappa shape index (κ1) is 10.8. The van der Waals surface area contributed by atoms with Crippen molar-refractivity contribution in [3.8, 4) is 0 Å². The van der Waals surface area contributed by atoms with Crippen LogP contribution in [0.5, 0.6) is 0 Å². The van der Waals surface area contributed by atoms with E-state index in [0.717, 1.165) is 18.6 Å². The summed E-state index contributed by atoms with van der Waals surface area (Å²) in [5, 5.41) is 2.41. The van der Waals surface area contributed by atoms with Gasteiger partial charge in [0.1, 0.15) is 0 Å². The van der Waals surface area contributed by atoms with Crippen molar-refractivity contribution in [2.24, 2.45) is 11.3 Å². The summed E-state index contributed by atoms with van der Waals surface area (Å²) in [5.74, 6) is 0.784. The van der Waals surface area contributed by atoms with E-state index < -0.39 is 0 Å². The number of nitrogens with zero attached hydrogens (tertiary/aromatic N) is 2. The van der Waals surface area contributed by atoms with E-state index in [1.165, 1.54) is 51.7 Å². The maximum atomic E-state index is 6.03. The minimum atomic E-state index is 0.572. The Morgan fingerprint density at radius 1 is 1.12 bits per heavy atom. The van der Waals surface area contributed by atoms with E-state index in [4.69, 9.17) is 4.84 Å². The number of rotatable bonds is 0. The van der Waals surface area contributed by atoms with Crippen LogP contribution >= 0.6 is 0 Å². The Morgan fingerprint density at radius 2 is 1.94 bits per heavy atom. The Morgan fingerprint density at radius 3 is 2.76 bits per heavy atom. The molecule has 17 heavy (non-hydrogen) atoms. The van der Waals surface area contributed by atoms with Gasteiger partial charge in [-0.25, -0.2) is 0 Å². The molecule has 4 aliphatic heterocycles. The number of piperidine rings is 1. The van der Waals surface area contributed by atoms with Crippen LogP contribution in [0.25, 0.3) is 0 Å². The van der Waals surface area contributed by atoms with E-state index in [1.807, 2.05) is 0 Å². The van der Waals surface area contributed by atoms with Gasteiger partial charge >= 0.3 is 0 Å². The first-order valence-electron chi connectivity index (χ1n) is 7.42. The van der Waals surface area contributed by atoms with Crippen molar-refractivity contribution in [3.63, 3.8) is 0 Å². The molecular formula is C14H24N2O. The van der Waals surface area contributed by atoms with Crippen LogP contribution in [0.3, 0.4) is 0 Å². The molecule has 4 bridgehead atoms. The SMILES string of the molecule is C[C@H]1CN2C[C@H]3CON1[C@H]3C1(CCCCC1)C2. The predicted molar refractivity (Wildman–Crippen MR) is 66.5 cm³/mol. The van der Waals surface area contributed by atoms with Crippen molar-refractivity contribution < 1.29 is 4.84 Å². The molecule has 5 rings (SSSR count). The van der Waals surface area contributed by atoms with Crippen LogP contribution in [0.4, 0.5) is 0 Å². The van der Waals surface area contributed by atoms with Crippen molar-refractivity contribution in [1.29, 1.82) is 0 Å². The van der Waals surface area contributed by atoms with E-state index >= 15 is 0 Å². The Kier molecular flexibility index (Phi) is 2.34. The fourth-order valence-electron chi connectivity index (χ4n) is 5.12. The van der Waals surface area contributed by atoms with Crippen molar-refractivity contribution in [1.82, 2.24) is 9.96 Å². The van der Waals surface area contributed by atoms with Crippen LogP contribution in [0.15, 0.2) is 0 Å². The van der Waals surface area contributed by atoms with Gasteiger partial charge in [0, 0.05) is 43.1 Å². The summed E-state index contributed by atoms with van der Waals surface area (Å²) in [5.41, 5.74) is 0.572. The zero-order chi connectivity index (χ0) is 11.5. The van der Waals surface area contributed by atoms with Gasteiger partial charge in [-0.1, -0.05) is 19.3 Å². The molecular weight excluding hydrogens is 212 g/mol. The smallest absolute Gasteiger partial charge is 0.0741 e. The average molecular weight is 236 g/mol. The molecule has 0 aromatic carbocycles. The van der Waals surface area contributed by atoms with Crippen LogP contribution < -0.4 is 0 Å². The third-order valence-electron chi connectivity index (χ3n) is 5.62. The molecule has 4 heterocycles. The zero-order valence-corrected chi connectivity index (χ0v) is 10.9. The summed E-state index contributed by atoms with van der Waals surface area (Å²) < 4.78 is 0. The Labute approximate surface area is 104 Å². The van der Waals surface area contributed by atoms with Gasteiger partial charge in [-0.2, -0.15) is 5.06 Å². The largest absolute Gasteiger partial charge is 0.301 e. The molecule has 4 saturated heterocycles. The van der Waals surface area contributed by atoms with Crippen LogP contribution in [0.2, 0.25) is 0 Å². The lowest BCUT2D eigenvalue weighted by Crippen LogP contribution is -2.56. The highest BCUT2D eigenvalue weighted by molar-refractivity contribution is 5.07. The lowest BCUT2D eigenvalue weighted by atomic mass is 9.64. The van der Waals surface area contributed by atoms with Crippen molar-refractivity contribution in [2.45, 2.75) is 51.1 Å². The molecule has 3 nitrogen and oxygen atoms in total. The fourth-order valence-corrected chi connectivity index (χ4v) is 5.12. The van der Waals surface area contributed by atoms with E-state index in [0.29, 0.717) is 11.5 Å². The Bertz CT molecular complexity index is 311. The first-order valence-corrected chi connectivity index (χ1v) is 7.42. The molecule has 0 N–H and O–H groups in total. The Balaban J connectivity index is 1.73. The second kappa shape index (κ2) is 3.69. The second-order valence-electron chi connectivity index (χ2n) is 6.83. The summed E-state index contributed by atoms with van der Waals surface area (Å²) in [6.45, 7) is 7.17. The van der Waals surface area contributed by atoms with Crippen LogP contribution in [0, 0.1) is 11.3 Å². The molecule has 1 aliphatic carbocycles. The van der Waals surface area contributed by atoms with E-state index in [2.05, 4.69) is 16.9 Å². The van der Waals surface area contributed by atoms with Gasteiger partial charge in [0.15, 0.2) is 0 Å². The highest BCUT2D eigenvalue weighted by atomic mass is 16.7. The monoisotopic (exact) mass is 236 g/mol. The minimum absolute atomic E-state index is 0.572. The van der Waals surface area contributed by atoms with Gasteiger partial charge in [-0.15, -0.1) is 0 Å².